The van der Waals surface area contributed by atoms with Gasteiger partial charge in [0.15, 0.2) is 5.78 Å². The lowest BCUT2D eigenvalue weighted by Gasteiger charge is -2.25. The quantitative estimate of drug-likeness (QED) is 0.850. The Morgan fingerprint density at radius 2 is 1.71 bits per heavy atom. The number of carbonyl (C=O) groups excluding carboxylic acids is 2. The van der Waals surface area contributed by atoms with Gasteiger partial charge < -0.3 is 10.2 Å². The highest BCUT2D eigenvalue weighted by molar-refractivity contribution is 5.97. The maximum atomic E-state index is 12.1. The molecule has 0 spiro atoms. The summed E-state index contributed by atoms with van der Waals surface area (Å²) >= 11 is 0. The molecule has 5 heteroatoms. The Hall–Kier alpha value is -1.39. The van der Waals surface area contributed by atoms with Gasteiger partial charge in [-0.25, -0.2) is 0 Å². The summed E-state index contributed by atoms with van der Waals surface area (Å²) in [5, 5.41) is 2.70. The second-order valence-corrected chi connectivity index (χ2v) is 5.33. The van der Waals surface area contributed by atoms with Crippen LogP contribution in [0.5, 0.6) is 0 Å². The number of hydrogen-bond acceptors (Lipinski definition) is 3. The van der Waals surface area contributed by atoms with Gasteiger partial charge in [0.05, 0.1) is 0 Å². The average molecular weight is 311 g/mol. The number of piperidine rings is 1. The molecule has 0 bridgehead atoms. The van der Waals surface area contributed by atoms with Gasteiger partial charge >= 0.3 is 0 Å². The predicted molar refractivity (Wildman–Crippen MR) is 87.2 cm³/mol. The van der Waals surface area contributed by atoms with Gasteiger partial charge in [-0.1, -0.05) is 6.42 Å². The summed E-state index contributed by atoms with van der Waals surface area (Å²) in [4.78, 5) is 25.4. The summed E-state index contributed by atoms with van der Waals surface area (Å²) in [6.45, 7) is 4.56. The highest BCUT2D eigenvalue weighted by Gasteiger charge is 2.12. The summed E-state index contributed by atoms with van der Waals surface area (Å²) in [7, 11) is 0. The van der Waals surface area contributed by atoms with Gasteiger partial charge in [-0.05, 0) is 50.2 Å². The van der Waals surface area contributed by atoms with E-state index in [-0.39, 0.29) is 24.1 Å². The van der Waals surface area contributed by atoms with Crippen LogP contribution in [0.25, 0.3) is 0 Å². The molecule has 4 nitrogen and oxygen atoms in total. The molecule has 0 atom stereocenters. The topological polar surface area (TPSA) is 49.4 Å². The molecule has 1 fully saturated rings. The molecular formula is C16H23ClN2O2. The number of hydrogen-bond donors (Lipinski definition) is 1. The molecule has 2 rings (SSSR count). The summed E-state index contributed by atoms with van der Waals surface area (Å²) in [6, 6.07) is 7.11. The SMILES string of the molecule is CC(=O)Nc1ccc(C(=O)CCN2CCCCC2)cc1.Cl. The Bertz CT molecular complexity index is 468. The number of amides is 1. The van der Waals surface area contributed by atoms with Crippen molar-refractivity contribution in [3.8, 4) is 0 Å². The Morgan fingerprint density at radius 3 is 2.29 bits per heavy atom. The van der Waals surface area contributed by atoms with Crippen LogP contribution in [0.4, 0.5) is 5.69 Å². The van der Waals surface area contributed by atoms with Gasteiger partial charge in [-0.15, -0.1) is 12.4 Å². The molecule has 1 heterocycles. The van der Waals surface area contributed by atoms with Gasteiger partial charge in [0.2, 0.25) is 5.91 Å². The molecule has 116 valence electrons. The van der Waals surface area contributed by atoms with Crippen molar-refractivity contribution in [2.45, 2.75) is 32.6 Å². The minimum absolute atomic E-state index is 0. The van der Waals surface area contributed by atoms with Crippen LogP contribution in [0.15, 0.2) is 24.3 Å². The Morgan fingerprint density at radius 1 is 1.10 bits per heavy atom. The molecule has 0 radical (unpaired) electrons. The van der Waals surface area contributed by atoms with E-state index in [1.807, 2.05) is 0 Å². The first kappa shape index (κ1) is 17.7. The number of benzene rings is 1. The molecule has 1 aromatic carbocycles. The third kappa shape index (κ3) is 5.86. The highest BCUT2D eigenvalue weighted by Crippen LogP contribution is 2.13. The van der Waals surface area contributed by atoms with E-state index in [1.165, 1.54) is 26.2 Å². The number of anilines is 1. The Kier molecular flexibility index (Phi) is 7.40. The largest absolute Gasteiger partial charge is 0.326 e. The van der Waals surface area contributed by atoms with Crippen LogP contribution in [0.1, 0.15) is 43.0 Å². The number of nitrogens with one attached hydrogen (secondary N) is 1. The number of likely N-dealkylation sites (tertiary alicyclic amines) is 1. The summed E-state index contributed by atoms with van der Waals surface area (Å²) in [6.07, 6.45) is 4.38. The van der Waals surface area contributed by atoms with Crippen molar-refractivity contribution in [1.29, 1.82) is 0 Å². The zero-order chi connectivity index (χ0) is 14.4. The first-order valence-corrected chi connectivity index (χ1v) is 7.28. The molecule has 1 aliphatic rings. The fourth-order valence-electron chi connectivity index (χ4n) is 2.53. The molecule has 1 amide bonds. The molecule has 1 saturated heterocycles. The second-order valence-electron chi connectivity index (χ2n) is 5.33. The third-order valence-electron chi connectivity index (χ3n) is 3.63. The fourth-order valence-corrected chi connectivity index (χ4v) is 2.53. The monoisotopic (exact) mass is 310 g/mol. The number of ketones is 1. The zero-order valence-corrected chi connectivity index (χ0v) is 13.2. The highest BCUT2D eigenvalue weighted by atomic mass is 35.5. The lowest BCUT2D eigenvalue weighted by Crippen LogP contribution is -2.31. The van der Waals surface area contributed by atoms with Crippen LogP contribution in [-0.2, 0) is 4.79 Å². The van der Waals surface area contributed by atoms with Gasteiger partial charge in [-0.2, -0.15) is 0 Å². The lowest BCUT2D eigenvalue weighted by atomic mass is 10.1. The number of rotatable bonds is 5. The Labute approximate surface area is 132 Å². The fraction of sp³-hybridized carbons (Fsp3) is 0.500. The number of halogens is 1. The van der Waals surface area contributed by atoms with Gasteiger partial charge in [0.1, 0.15) is 0 Å². The molecule has 1 aromatic rings. The minimum atomic E-state index is -0.103. The van der Waals surface area contributed by atoms with Gasteiger partial charge in [0.25, 0.3) is 0 Å². The van der Waals surface area contributed by atoms with Crippen LogP contribution < -0.4 is 5.32 Å². The van der Waals surface area contributed by atoms with Crippen molar-refractivity contribution in [3.05, 3.63) is 29.8 Å². The van der Waals surface area contributed by atoms with E-state index in [2.05, 4.69) is 10.2 Å². The molecule has 21 heavy (non-hydrogen) atoms. The smallest absolute Gasteiger partial charge is 0.221 e. The summed E-state index contributed by atoms with van der Waals surface area (Å²) < 4.78 is 0. The third-order valence-corrected chi connectivity index (χ3v) is 3.63. The van der Waals surface area contributed by atoms with Crippen molar-refractivity contribution in [1.82, 2.24) is 4.90 Å². The van der Waals surface area contributed by atoms with E-state index in [1.54, 1.807) is 24.3 Å². The lowest BCUT2D eigenvalue weighted by molar-refractivity contribution is -0.114. The summed E-state index contributed by atoms with van der Waals surface area (Å²) in [5.41, 5.74) is 1.45. The maximum Gasteiger partial charge on any atom is 0.221 e. The minimum Gasteiger partial charge on any atom is -0.326 e. The van der Waals surface area contributed by atoms with Crippen molar-refractivity contribution in [2.75, 3.05) is 25.0 Å². The van der Waals surface area contributed by atoms with Gasteiger partial charge in [-0.3, -0.25) is 9.59 Å². The number of carbonyl (C=O) groups is 2. The second kappa shape index (κ2) is 8.80. The van der Waals surface area contributed by atoms with E-state index < -0.39 is 0 Å². The molecule has 0 saturated carbocycles. The number of Topliss-reactive ketones (excluding diaryl/α,β-unsaturated/α-hetero) is 1. The van der Waals surface area contributed by atoms with Crippen molar-refractivity contribution in [2.24, 2.45) is 0 Å². The van der Waals surface area contributed by atoms with Crippen molar-refractivity contribution < 1.29 is 9.59 Å². The molecule has 0 unspecified atom stereocenters. The van der Waals surface area contributed by atoms with E-state index >= 15 is 0 Å². The number of nitrogens with zero attached hydrogens (tertiary/aromatic N) is 1. The molecule has 1 N–H and O–H groups in total. The standard InChI is InChI=1S/C16H22N2O2.ClH/c1-13(19)17-15-7-5-14(6-8-15)16(20)9-12-18-10-3-2-4-11-18;/h5-8H,2-4,9-12H2,1H3,(H,17,19);1H. The first-order chi connectivity index (χ1) is 9.65. The van der Waals surface area contributed by atoms with Crippen LogP contribution >= 0.6 is 12.4 Å². The molecule has 0 aromatic heterocycles. The molecular weight excluding hydrogens is 288 g/mol. The zero-order valence-electron chi connectivity index (χ0n) is 12.4. The van der Waals surface area contributed by atoms with Crippen LogP contribution in [0.3, 0.4) is 0 Å². The average Bonchev–Trinajstić information content (AvgIpc) is 2.46. The molecule has 0 aliphatic carbocycles. The Balaban J connectivity index is 0.00000220. The van der Waals surface area contributed by atoms with E-state index in [0.717, 1.165) is 30.9 Å². The molecule has 1 aliphatic heterocycles. The normalized spacial score (nSPS) is 15.1. The van der Waals surface area contributed by atoms with E-state index in [0.29, 0.717) is 6.42 Å². The van der Waals surface area contributed by atoms with Crippen molar-refractivity contribution >= 4 is 29.8 Å². The van der Waals surface area contributed by atoms with Crippen LogP contribution in [0.2, 0.25) is 0 Å². The maximum absolute atomic E-state index is 12.1. The summed E-state index contributed by atoms with van der Waals surface area (Å²) in [5.74, 6) is 0.0686. The van der Waals surface area contributed by atoms with Gasteiger partial charge in [0, 0.05) is 31.1 Å². The van der Waals surface area contributed by atoms with Crippen LogP contribution in [-0.4, -0.2) is 36.2 Å². The van der Waals surface area contributed by atoms with Crippen molar-refractivity contribution in [3.63, 3.8) is 0 Å². The van der Waals surface area contributed by atoms with E-state index in [9.17, 15) is 9.59 Å². The first-order valence-electron chi connectivity index (χ1n) is 7.28. The van der Waals surface area contributed by atoms with E-state index in [4.69, 9.17) is 0 Å². The van der Waals surface area contributed by atoms with Crippen LogP contribution in [0, 0.1) is 0 Å². The predicted octanol–water partition coefficient (Wildman–Crippen LogP) is 3.13.